The van der Waals surface area contributed by atoms with Gasteiger partial charge in [-0.15, -0.1) is 0 Å². The van der Waals surface area contributed by atoms with Crippen molar-refractivity contribution in [1.82, 2.24) is 0 Å². The molecule has 2 unspecified atom stereocenters. The van der Waals surface area contributed by atoms with Gasteiger partial charge >= 0.3 is 5.97 Å². The summed E-state index contributed by atoms with van der Waals surface area (Å²) in [4.78, 5) is 37.8. The number of aryl methyl sites for hydroxylation is 1. The van der Waals surface area contributed by atoms with Gasteiger partial charge in [0.25, 0.3) is 0 Å². The SMILES string of the molecule is CC(=O)OCC12C=CC(CC(=O)N(c3ccc(Br)c(C)c3)C(=O)C1)O2. The fraction of sp³-hybridized carbons (Fsp3) is 0.389. The van der Waals surface area contributed by atoms with Gasteiger partial charge in [-0.2, -0.15) is 0 Å². The molecule has 0 aromatic heterocycles. The van der Waals surface area contributed by atoms with Gasteiger partial charge in [0.15, 0.2) is 0 Å². The highest BCUT2D eigenvalue weighted by atomic mass is 79.9. The highest BCUT2D eigenvalue weighted by Crippen LogP contribution is 2.34. The summed E-state index contributed by atoms with van der Waals surface area (Å²) in [5.74, 6) is -1.14. The van der Waals surface area contributed by atoms with Crippen LogP contribution in [0.15, 0.2) is 34.8 Å². The second-order valence-corrected chi connectivity index (χ2v) is 7.15. The number of carbonyl (C=O) groups excluding carboxylic acids is 3. The minimum absolute atomic E-state index is 0.0531. The van der Waals surface area contributed by atoms with E-state index in [0.29, 0.717) is 5.69 Å². The number of esters is 1. The third-order valence-electron chi connectivity index (χ3n) is 4.25. The zero-order chi connectivity index (χ0) is 18.2. The van der Waals surface area contributed by atoms with Crippen molar-refractivity contribution in [2.45, 2.75) is 38.4 Å². The molecule has 1 saturated heterocycles. The first kappa shape index (κ1) is 17.8. The van der Waals surface area contributed by atoms with Crippen molar-refractivity contribution >= 4 is 39.4 Å². The van der Waals surface area contributed by atoms with E-state index in [1.165, 1.54) is 11.8 Å². The van der Waals surface area contributed by atoms with E-state index >= 15 is 0 Å². The zero-order valence-electron chi connectivity index (χ0n) is 14.0. The molecule has 6 nitrogen and oxygen atoms in total. The Kier molecular flexibility index (Phi) is 4.79. The number of halogens is 1. The number of anilines is 1. The maximum Gasteiger partial charge on any atom is 0.302 e. The minimum atomic E-state index is -1.02. The van der Waals surface area contributed by atoms with E-state index in [-0.39, 0.29) is 31.3 Å². The Labute approximate surface area is 153 Å². The number of imide groups is 1. The van der Waals surface area contributed by atoms with Crippen molar-refractivity contribution in [1.29, 1.82) is 0 Å². The normalized spacial score (nSPS) is 25.7. The molecular formula is C18H18BrNO5. The molecule has 7 heteroatoms. The molecule has 0 saturated carbocycles. The Morgan fingerprint density at radius 2 is 2.16 bits per heavy atom. The van der Waals surface area contributed by atoms with Gasteiger partial charge < -0.3 is 9.47 Å². The topological polar surface area (TPSA) is 72.9 Å². The summed E-state index contributed by atoms with van der Waals surface area (Å²) in [5, 5.41) is 0. The highest BCUT2D eigenvalue weighted by Gasteiger charge is 2.44. The minimum Gasteiger partial charge on any atom is -0.462 e. The molecule has 0 N–H and O–H groups in total. The molecule has 0 aliphatic carbocycles. The molecule has 2 atom stereocenters. The van der Waals surface area contributed by atoms with Crippen molar-refractivity contribution in [3.63, 3.8) is 0 Å². The summed E-state index contributed by atoms with van der Waals surface area (Å²) in [6.07, 6.45) is 3.02. The van der Waals surface area contributed by atoms with Crippen molar-refractivity contribution in [3.8, 4) is 0 Å². The molecule has 0 radical (unpaired) electrons. The van der Waals surface area contributed by atoms with Gasteiger partial charge in [0.2, 0.25) is 11.8 Å². The van der Waals surface area contributed by atoms with Crippen LogP contribution >= 0.6 is 15.9 Å². The lowest BCUT2D eigenvalue weighted by atomic mass is 9.99. The molecule has 0 spiro atoms. The third kappa shape index (κ3) is 3.67. The van der Waals surface area contributed by atoms with Gasteiger partial charge in [0.05, 0.1) is 24.6 Å². The maximum atomic E-state index is 12.9. The standard InChI is InChI=1S/C18H18BrNO5/c1-11-7-13(3-4-15(11)19)20-16(22)8-14-5-6-18(25-14,9-17(20)23)10-24-12(2)21/h3-7,14H,8-10H2,1-2H3. The molecule has 25 heavy (non-hydrogen) atoms. The van der Waals surface area contributed by atoms with Crippen molar-refractivity contribution in [2.75, 3.05) is 11.5 Å². The fourth-order valence-electron chi connectivity index (χ4n) is 3.02. The molecule has 2 aliphatic heterocycles. The average Bonchev–Trinajstić information content (AvgIpc) is 2.92. The predicted octanol–water partition coefficient (Wildman–Crippen LogP) is 2.67. The smallest absolute Gasteiger partial charge is 0.302 e. The number of ether oxygens (including phenoxy) is 2. The van der Waals surface area contributed by atoms with Gasteiger partial charge in [-0.05, 0) is 30.7 Å². The Balaban J connectivity index is 1.91. The first-order valence-electron chi connectivity index (χ1n) is 7.92. The van der Waals surface area contributed by atoms with Crippen LogP contribution in [0.1, 0.15) is 25.3 Å². The van der Waals surface area contributed by atoms with Gasteiger partial charge in [-0.1, -0.05) is 28.1 Å². The number of benzene rings is 1. The van der Waals surface area contributed by atoms with Crippen LogP contribution in [0.25, 0.3) is 0 Å². The second kappa shape index (κ2) is 6.72. The number of carbonyl (C=O) groups is 3. The van der Waals surface area contributed by atoms with Gasteiger partial charge in [0, 0.05) is 11.4 Å². The molecule has 2 amide bonds. The van der Waals surface area contributed by atoms with Crippen molar-refractivity contribution in [2.24, 2.45) is 0 Å². The number of fused-ring (bicyclic) bond motifs is 2. The average molecular weight is 408 g/mol. The summed E-state index contributed by atoms with van der Waals surface area (Å²) >= 11 is 3.42. The van der Waals surface area contributed by atoms with E-state index in [1.807, 2.05) is 13.0 Å². The van der Waals surface area contributed by atoms with E-state index in [4.69, 9.17) is 9.47 Å². The Bertz CT molecular complexity index is 775. The predicted molar refractivity (Wildman–Crippen MR) is 94.0 cm³/mol. The van der Waals surface area contributed by atoms with Gasteiger partial charge in [-0.3, -0.25) is 19.3 Å². The summed E-state index contributed by atoms with van der Waals surface area (Å²) in [6, 6.07) is 5.32. The third-order valence-corrected chi connectivity index (χ3v) is 5.13. The van der Waals surface area contributed by atoms with E-state index in [1.54, 1.807) is 24.3 Å². The number of hydrogen-bond donors (Lipinski definition) is 0. The van der Waals surface area contributed by atoms with Gasteiger partial charge in [0.1, 0.15) is 12.2 Å². The maximum absolute atomic E-state index is 12.9. The summed E-state index contributed by atoms with van der Waals surface area (Å²) in [5.41, 5.74) is 0.434. The molecular weight excluding hydrogens is 390 g/mol. The van der Waals surface area contributed by atoms with Crippen LogP contribution in [0.4, 0.5) is 5.69 Å². The van der Waals surface area contributed by atoms with Crippen LogP contribution < -0.4 is 4.90 Å². The molecule has 2 aliphatic rings. The second-order valence-electron chi connectivity index (χ2n) is 6.30. The fourth-order valence-corrected chi connectivity index (χ4v) is 3.27. The monoisotopic (exact) mass is 407 g/mol. The lowest BCUT2D eigenvalue weighted by molar-refractivity contribution is -0.155. The molecule has 2 heterocycles. The van der Waals surface area contributed by atoms with E-state index in [2.05, 4.69) is 15.9 Å². The van der Waals surface area contributed by atoms with Crippen molar-refractivity contribution in [3.05, 3.63) is 40.4 Å². The van der Waals surface area contributed by atoms with E-state index in [9.17, 15) is 14.4 Å². The number of hydrogen-bond acceptors (Lipinski definition) is 5. The molecule has 2 bridgehead atoms. The van der Waals surface area contributed by atoms with E-state index < -0.39 is 17.7 Å². The molecule has 3 rings (SSSR count). The molecule has 1 aromatic rings. The number of nitrogens with zero attached hydrogens (tertiary/aromatic N) is 1. The summed E-state index contributed by atoms with van der Waals surface area (Å²) in [6.45, 7) is 3.14. The van der Waals surface area contributed by atoms with Crippen molar-refractivity contribution < 1.29 is 23.9 Å². The molecule has 132 valence electrons. The van der Waals surface area contributed by atoms with Crippen LogP contribution in [-0.2, 0) is 23.9 Å². The summed E-state index contributed by atoms with van der Waals surface area (Å²) < 4.78 is 11.8. The lowest BCUT2D eigenvalue weighted by Crippen LogP contribution is -2.48. The largest absolute Gasteiger partial charge is 0.462 e. The quantitative estimate of drug-likeness (QED) is 0.437. The zero-order valence-corrected chi connectivity index (χ0v) is 15.5. The van der Waals surface area contributed by atoms with Gasteiger partial charge in [-0.25, -0.2) is 0 Å². The van der Waals surface area contributed by atoms with Crippen LogP contribution in [-0.4, -0.2) is 36.1 Å². The molecule has 1 fully saturated rings. The molecule has 1 aromatic carbocycles. The number of rotatable bonds is 3. The Hall–Kier alpha value is -1.99. The first-order chi connectivity index (χ1) is 11.8. The van der Waals surface area contributed by atoms with E-state index in [0.717, 1.165) is 10.0 Å². The van der Waals surface area contributed by atoms with Crippen LogP contribution in [0, 0.1) is 6.92 Å². The number of amides is 2. The van der Waals surface area contributed by atoms with Crippen LogP contribution in [0.5, 0.6) is 0 Å². The summed E-state index contributed by atoms with van der Waals surface area (Å²) in [7, 11) is 0. The van der Waals surface area contributed by atoms with Crippen LogP contribution in [0.2, 0.25) is 0 Å². The lowest BCUT2D eigenvalue weighted by Gasteiger charge is -2.33. The Morgan fingerprint density at radius 3 is 2.84 bits per heavy atom. The first-order valence-corrected chi connectivity index (χ1v) is 8.71. The highest BCUT2D eigenvalue weighted by molar-refractivity contribution is 9.10. The van der Waals surface area contributed by atoms with Crippen LogP contribution in [0.3, 0.4) is 0 Å². The Morgan fingerprint density at radius 1 is 1.40 bits per heavy atom.